The van der Waals surface area contributed by atoms with Crippen molar-refractivity contribution in [3.8, 4) is 0 Å². The van der Waals surface area contributed by atoms with Crippen LogP contribution in [0.3, 0.4) is 0 Å². The van der Waals surface area contributed by atoms with Gasteiger partial charge in [0.15, 0.2) is 41.6 Å². The van der Waals surface area contributed by atoms with E-state index in [9.17, 15) is 0 Å². The Balaban J connectivity index is 1.65. The lowest BCUT2D eigenvalue weighted by Crippen LogP contribution is -2.62. The summed E-state index contributed by atoms with van der Waals surface area (Å²) in [5.41, 5.74) is 1.79. The molecule has 4 aliphatic rings. The molecule has 0 saturated heterocycles. The molecule has 0 aromatic carbocycles. The molecule has 0 heterocycles. The molecule has 304 valence electrons. The van der Waals surface area contributed by atoms with Crippen molar-refractivity contribution in [2.75, 3.05) is 6.61 Å². The van der Waals surface area contributed by atoms with Crippen molar-refractivity contribution < 1.29 is 22.1 Å². The third kappa shape index (κ3) is 11.4. The van der Waals surface area contributed by atoms with Crippen LogP contribution in [0.2, 0.25) is 98.2 Å². The van der Waals surface area contributed by atoms with E-state index in [0.717, 1.165) is 19.4 Å². The predicted molar refractivity (Wildman–Crippen MR) is 236 cm³/mol. The first-order chi connectivity index (χ1) is 23.3. The minimum Gasteiger partial charge on any atom is -0.415 e. The molecule has 0 aliphatic heterocycles. The maximum absolute atomic E-state index is 7.49. The summed E-state index contributed by atoms with van der Waals surface area (Å²) in [7, 11) is -8.60. The molecule has 0 N–H and O–H groups in total. The molecule has 3 fully saturated rings. The van der Waals surface area contributed by atoms with Gasteiger partial charge in [-0.3, -0.25) is 0 Å². The summed E-state index contributed by atoms with van der Waals surface area (Å²) < 4.78 is 35.0. The van der Waals surface area contributed by atoms with Crippen molar-refractivity contribution in [3.63, 3.8) is 0 Å². The average Bonchev–Trinajstić information content (AvgIpc) is 3.27. The van der Waals surface area contributed by atoms with Gasteiger partial charge in [-0.2, -0.15) is 0 Å². The average molecular weight is 812 g/mol. The molecule has 11 atom stereocenters. The fourth-order valence-electron chi connectivity index (χ4n) is 11.5. The molecule has 10 heteroatoms. The van der Waals surface area contributed by atoms with E-state index < -0.39 is 41.6 Å². The van der Waals surface area contributed by atoms with Gasteiger partial charge < -0.3 is 22.1 Å². The van der Waals surface area contributed by atoms with Crippen LogP contribution in [0.15, 0.2) is 11.6 Å². The molecule has 0 aromatic rings. The van der Waals surface area contributed by atoms with E-state index in [2.05, 4.69) is 132 Å². The van der Waals surface area contributed by atoms with Gasteiger partial charge in [0.25, 0.3) is 0 Å². The number of hydrogen-bond acceptors (Lipinski definition) is 5. The maximum atomic E-state index is 7.49. The van der Waals surface area contributed by atoms with Crippen LogP contribution in [-0.2, 0) is 22.1 Å². The minimum absolute atomic E-state index is 0.154. The molecule has 52 heavy (non-hydrogen) atoms. The van der Waals surface area contributed by atoms with Gasteiger partial charge in [-0.25, -0.2) is 0 Å². The molecule has 0 bridgehead atoms. The fraction of sp³-hybridized carbons (Fsp3) is 0.952. The molecular weight excluding hydrogens is 725 g/mol. The first kappa shape index (κ1) is 45.3. The second-order valence-corrected chi connectivity index (χ2v) is 46.0. The minimum atomic E-state index is -1.81. The van der Waals surface area contributed by atoms with E-state index in [1.165, 1.54) is 44.9 Å². The van der Waals surface area contributed by atoms with E-state index in [4.69, 9.17) is 22.1 Å². The van der Waals surface area contributed by atoms with Crippen molar-refractivity contribution in [2.24, 2.45) is 40.4 Å². The van der Waals surface area contributed by atoms with Crippen molar-refractivity contribution in [1.29, 1.82) is 0 Å². The van der Waals surface area contributed by atoms with Crippen molar-refractivity contribution in [3.05, 3.63) is 11.6 Å². The summed E-state index contributed by atoms with van der Waals surface area (Å²) in [6, 6.07) is 0. The molecule has 5 nitrogen and oxygen atoms in total. The summed E-state index contributed by atoms with van der Waals surface area (Å²) in [5.74, 6) is 3.09. The fourth-order valence-corrected chi connectivity index (χ4v) is 17.3. The van der Waals surface area contributed by atoms with Crippen LogP contribution in [0.1, 0.15) is 85.5 Å². The lowest BCUT2D eigenvalue weighted by molar-refractivity contribution is -0.149. The Labute approximate surface area is 328 Å². The van der Waals surface area contributed by atoms with Crippen LogP contribution >= 0.6 is 0 Å². The van der Waals surface area contributed by atoms with E-state index in [-0.39, 0.29) is 22.5 Å². The van der Waals surface area contributed by atoms with E-state index in [0.29, 0.717) is 41.8 Å². The highest BCUT2D eigenvalue weighted by Gasteiger charge is 2.65. The maximum Gasteiger partial charge on any atom is 0.184 e. The van der Waals surface area contributed by atoms with Gasteiger partial charge in [-0.05, 0) is 190 Å². The van der Waals surface area contributed by atoms with Crippen LogP contribution in [0.4, 0.5) is 0 Å². The second-order valence-electron chi connectivity index (χ2n) is 23.6. The normalized spacial score (nSPS) is 36.4. The first-order valence-corrected chi connectivity index (χ1v) is 38.5. The van der Waals surface area contributed by atoms with Crippen LogP contribution in [-0.4, -0.2) is 72.1 Å². The molecule has 0 aromatic heterocycles. The van der Waals surface area contributed by atoms with Gasteiger partial charge in [0.2, 0.25) is 0 Å². The summed E-state index contributed by atoms with van der Waals surface area (Å²) in [4.78, 5) is 0. The molecule has 0 amide bonds. The molecule has 4 unspecified atom stereocenters. The van der Waals surface area contributed by atoms with Crippen LogP contribution in [0.5, 0.6) is 0 Å². The van der Waals surface area contributed by atoms with Gasteiger partial charge in [0.1, 0.15) is 0 Å². The van der Waals surface area contributed by atoms with Gasteiger partial charge in [-0.15, -0.1) is 0 Å². The van der Waals surface area contributed by atoms with E-state index >= 15 is 0 Å². The van der Waals surface area contributed by atoms with Crippen molar-refractivity contribution in [1.82, 2.24) is 0 Å². The molecule has 3 saturated carbocycles. The quantitative estimate of drug-likeness (QED) is 0.115. The highest BCUT2D eigenvalue weighted by Crippen LogP contribution is 2.68. The summed E-state index contributed by atoms with van der Waals surface area (Å²) >= 11 is 0. The highest BCUT2D eigenvalue weighted by molar-refractivity contribution is 6.71. The van der Waals surface area contributed by atoms with Gasteiger partial charge >= 0.3 is 0 Å². The molecule has 0 spiro atoms. The van der Waals surface area contributed by atoms with E-state index in [1.807, 2.05) is 0 Å². The van der Waals surface area contributed by atoms with Crippen LogP contribution in [0, 0.1) is 40.4 Å². The third-order valence-corrected chi connectivity index (χ3v) is 18.3. The van der Waals surface area contributed by atoms with Crippen LogP contribution < -0.4 is 0 Å². The first-order valence-electron chi connectivity index (χ1n) is 21.4. The van der Waals surface area contributed by atoms with Gasteiger partial charge in [0, 0.05) is 6.10 Å². The number of hydrogen-bond donors (Lipinski definition) is 0. The summed E-state index contributed by atoms with van der Waals surface area (Å²) in [6.45, 7) is 46.4. The third-order valence-electron chi connectivity index (χ3n) is 13.1. The second kappa shape index (κ2) is 15.8. The predicted octanol–water partition coefficient (Wildman–Crippen LogP) is 12.7. The van der Waals surface area contributed by atoms with Crippen molar-refractivity contribution in [2.45, 2.75) is 208 Å². The molecule has 0 radical (unpaired) electrons. The Bertz CT molecular complexity index is 1240. The van der Waals surface area contributed by atoms with Crippen molar-refractivity contribution >= 4 is 41.6 Å². The molecular formula is C42H86O5Si5. The Morgan fingerprint density at radius 2 is 1.35 bits per heavy atom. The monoisotopic (exact) mass is 811 g/mol. The zero-order valence-corrected chi connectivity index (χ0v) is 42.8. The SMILES string of the molecule is C[C@H](CCCC(C)(CO[Si](C)(C)C)O[Si](C)(C)C)[C@H]1CCC2C3C(C[C@H](O[Si](C)(C)C)[C@@]21C)[C@@]1(C)CC[C@H](O[Si](C)(C)C)CC1=C[C@H]3O[Si](C)(C)C. The van der Waals surface area contributed by atoms with Gasteiger partial charge in [0.05, 0.1) is 24.4 Å². The lowest BCUT2D eigenvalue weighted by Gasteiger charge is -2.63. The highest BCUT2D eigenvalue weighted by atomic mass is 28.4. The van der Waals surface area contributed by atoms with Gasteiger partial charge in [-0.1, -0.05) is 45.3 Å². The topological polar surface area (TPSA) is 46.2 Å². The van der Waals surface area contributed by atoms with E-state index in [1.54, 1.807) is 5.57 Å². The summed E-state index contributed by atoms with van der Waals surface area (Å²) in [6.07, 6.45) is 14.4. The Morgan fingerprint density at radius 1 is 0.750 bits per heavy atom. The Morgan fingerprint density at radius 3 is 1.88 bits per heavy atom. The van der Waals surface area contributed by atoms with Crippen LogP contribution in [0.25, 0.3) is 0 Å². The summed E-state index contributed by atoms with van der Waals surface area (Å²) in [5, 5.41) is 0. The standard InChI is InChI=1S/C42H86O5Si5/c1-31(21-20-25-40(2,47-52(17,18)19)30-43-48(5,6)7)34-22-23-35-39-36(29-38(42(34,35)4)46-51(14,15)16)41(3)26-24-33(44-49(8,9)10)27-32(41)28-37(39)45-50(11,12)13/h28,31,33-39H,20-27,29-30H2,1-19H3/t31-,33+,34-,35?,36?,37-,38+,39?,40?,41+,42-/m1/s1. The largest absolute Gasteiger partial charge is 0.415 e. The zero-order chi connectivity index (χ0) is 39.5. The number of rotatable bonds is 16. The molecule has 4 aliphatic carbocycles. The number of fused-ring (bicyclic) bond motifs is 5. The smallest absolute Gasteiger partial charge is 0.184 e. The Kier molecular flexibility index (Phi) is 13.7. The molecule has 4 rings (SSSR count). The zero-order valence-electron chi connectivity index (χ0n) is 37.8. The lowest BCUT2D eigenvalue weighted by atomic mass is 9.45. The Hall–Kier alpha value is 0.624.